The third kappa shape index (κ3) is 1.67. The molecule has 2 nitrogen and oxygen atoms in total. The van der Waals surface area contributed by atoms with Gasteiger partial charge < -0.3 is 9.47 Å². The Hall–Kier alpha value is -1.25. The van der Waals surface area contributed by atoms with Crippen LogP contribution in [0.3, 0.4) is 0 Å². The van der Waals surface area contributed by atoms with E-state index >= 15 is 0 Å². The van der Waals surface area contributed by atoms with Crippen molar-refractivity contribution in [1.29, 1.82) is 0 Å². The zero-order valence-electron chi connectivity index (χ0n) is 7.13. The lowest BCUT2D eigenvalue weighted by Gasteiger charge is -2.08. The standard InChI is InChI=1S/C9H11FO2/c1-7-8(11-2)4-3-5-9(7)12-6-10/h3-5H,6H2,1-2H3. The van der Waals surface area contributed by atoms with Gasteiger partial charge in [-0.15, -0.1) is 0 Å². The van der Waals surface area contributed by atoms with Crippen molar-refractivity contribution in [2.75, 3.05) is 14.0 Å². The quantitative estimate of drug-likeness (QED) is 0.693. The molecule has 66 valence electrons. The Labute approximate surface area is 70.9 Å². The summed E-state index contributed by atoms with van der Waals surface area (Å²) in [5.41, 5.74) is 0.817. The molecular formula is C9H11FO2. The molecule has 12 heavy (non-hydrogen) atoms. The molecule has 0 atom stereocenters. The van der Waals surface area contributed by atoms with Crippen molar-refractivity contribution in [3.63, 3.8) is 0 Å². The van der Waals surface area contributed by atoms with Crippen molar-refractivity contribution in [3.8, 4) is 11.5 Å². The fourth-order valence-corrected chi connectivity index (χ4v) is 1.03. The van der Waals surface area contributed by atoms with E-state index in [1.807, 2.05) is 6.92 Å². The average Bonchev–Trinajstić information content (AvgIpc) is 2.09. The first-order valence-electron chi connectivity index (χ1n) is 3.62. The highest BCUT2D eigenvalue weighted by Crippen LogP contribution is 2.26. The van der Waals surface area contributed by atoms with E-state index in [-0.39, 0.29) is 0 Å². The lowest BCUT2D eigenvalue weighted by Crippen LogP contribution is -1.94. The number of methoxy groups -OCH3 is 1. The second-order valence-corrected chi connectivity index (χ2v) is 2.34. The Morgan fingerprint density at radius 3 is 2.58 bits per heavy atom. The second-order valence-electron chi connectivity index (χ2n) is 2.34. The predicted molar refractivity (Wildman–Crippen MR) is 44.3 cm³/mol. The molecule has 0 saturated carbocycles. The number of ether oxygens (including phenoxy) is 2. The summed E-state index contributed by atoms with van der Waals surface area (Å²) < 4.78 is 21.6. The summed E-state index contributed by atoms with van der Waals surface area (Å²) in [5, 5.41) is 0. The van der Waals surface area contributed by atoms with Crippen LogP contribution < -0.4 is 9.47 Å². The number of hydrogen-bond acceptors (Lipinski definition) is 2. The van der Waals surface area contributed by atoms with Crippen molar-refractivity contribution in [3.05, 3.63) is 23.8 Å². The zero-order chi connectivity index (χ0) is 8.97. The summed E-state index contributed by atoms with van der Waals surface area (Å²) in [5.74, 6) is 1.23. The maximum Gasteiger partial charge on any atom is 0.228 e. The zero-order valence-corrected chi connectivity index (χ0v) is 7.13. The van der Waals surface area contributed by atoms with Crippen molar-refractivity contribution in [2.45, 2.75) is 6.92 Å². The van der Waals surface area contributed by atoms with Crippen molar-refractivity contribution in [2.24, 2.45) is 0 Å². The molecule has 3 heteroatoms. The van der Waals surface area contributed by atoms with Crippen LogP contribution >= 0.6 is 0 Å². The Morgan fingerprint density at radius 2 is 2.00 bits per heavy atom. The normalized spacial score (nSPS) is 9.58. The van der Waals surface area contributed by atoms with Crippen LogP contribution in [0.1, 0.15) is 5.56 Å². The lowest BCUT2D eigenvalue weighted by atomic mass is 10.2. The number of hydrogen-bond donors (Lipinski definition) is 0. The number of benzene rings is 1. The molecule has 0 saturated heterocycles. The van der Waals surface area contributed by atoms with Gasteiger partial charge >= 0.3 is 0 Å². The first-order chi connectivity index (χ1) is 5.79. The summed E-state index contributed by atoms with van der Waals surface area (Å²) in [7, 11) is 1.57. The molecule has 1 rings (SSSR count). The minimum absolute atomic E-state index is 0.525. The minimum Gasteiger partial charge on any atom is -0.496 e. The molecular weight excluding hydrogens is 159 g/mol. The molecule has 0 spiro atoms. The van der Waals surface area contributed by atoms with Gasteiger partial charge in [-0.2, -0.15) is 0 Å². The van der Waals surface area contributed by atoms with E-state index in [2.05, 4.69) is 0 Å². The van der Waals surface area contributed by atoms with Gasteiger partial charge in [0.1, 0.15) is 11.5 Å². The highest BCUT2D eigenvalue weighted by Gasteiger charge is 2.03. The van der Waals surface area contributed by atoms with Gasteiger partial charge in [0.15, 0.2) is 0 Å². The van der Waals surface area contributed by atoms with E-state index < -0.39 is 6.86 Å². The van der Waals surface area contributed by atoms with Crippen LogP contribution in [0.5, 0.6) is 11.5 Å². The molecule has 1 aromatic carbocycles. The third-order valence-corrected chi connectivity index (χ3v) is 1.66. The first kappa shape index (κ1) is 8.84. The van der Waals surface area contributed by atoms with Gasteiger partial charge in [0.25, 0.3) is 0 Å². The molecule has 0 heterocycles. The summed E-state index contributed by atoms with van der Waals surface area (Å²) >= 11 is 0. The molecule has 0 bridgehead atoms. The van der Waals surface area contributed by atoms with Crippen LogP contribution in [-0.2, 0) is 0 Å². The molecule has 0 N–H and O–H groups in total. The van der Waals surface area contributed by atoms with Gasteiger partial charge in [-0.25, -0.2) is 4.39 Å². The monoisotopic (exact) mass is 170 g/mol. The van der Waals surface area contributed by atoms with Gasteiger partial charge in [-0.05, 0) is 19.1 Å². The summed E-state index contributed by atoms with van der Waals surface area (Å²) in [6, 6.07) is 5.27. The maximum atomic E-state index is 11.8. The molecule has 0 amide bonds. The van der Waals surface area contributed by atoms with Gasteiger partial charge in [0, 0.05) is 5.56 Å². The van der Waals surface area contributed by atoms with Crippen molar-refractivity contribution >= 4 is 0 Å². The highest BCUT2D eigenvalue weighted by molar-refractivity contribution is 5.43. The van der Waals surface area contributed by atoms with Gasteiger partial charge in [-0.3, -0.25) is 0 Å². The molecule has 0 aromatic heterocycles. The van der Waals surface area contributed by atoms with Crippen LogP contribution in [0.4, 0.5) is 4.39 Å². The maximum absolute atomic E-state index is 11.8. The topological polar surface area (TPSA) is 18.5 Å². The fraction of sp³-hybridized carbons (Fsp3) is 0.333. The number of halogens is 1. The van der Waals surface area contributed by atoms with Crippen LogP contribution in [0.2, 0.25) is 0 Å². The largest absolute Gasteiger partial charge is 0.496 e. The fourth-order valence-electron chi connectivity index (χ4n) is 1.03. The third-order valence-electron chi connectivity index (χ3n) is 1.66. The van der Waals surface area contributed by atoms with E-state index in [4.69, 9.17) is 9.47 Å². The van der Waals surface area contributed by atoms with Gasteiger partial charge in [-0.1, -0.05) is 6.07 Å². The van der Waals surface area contributed by atoms with E-state index in [0.29, 0.717) is 11.5 Å². The van der Waals surface area contributed by atoms with Crippen LogP contribution in [0.25, 0.3) is 0 Å². The predicted octanol–water partition coefficient (Wildman–Crippen LogP) is 2.31. The van der Waals surface area contributed by atoms with Crippen LogP contribution in [-0.4, -0.2) is 14.0 Å². The molecule has 0 aliphatic heterocycles. The van der Waals surface area contributed by atoms with E-state index in [1.54, 1.807) is 25.3 Å². The number of alkyl halides is 1. The molecule has 0 aliphatic rings. The second kappa shape index (κ2) is 3.95. The lowest BCUT2D eigenvalue weighted by molar-refractivity contribution is 0.190. The van der Waals surface area contributed by atoms with Crippen molar-refractivity contribution < 1.29 is 13.9 Å². The SMILES string of the molecule is COc1cccc(OCF)c1C. The molecule has 0 radical (unpaired) electrons. The van der Waals surface area contributed by atoms with Crippen LogP contribution in [0, 0.1) is 6.92 Å². The van der Waals surface area contributed by atoms with Gasteiger partial charge in [0.05, 0.1) is 7.11 Å². The summed E-state index contributed by atoms with van der Waals surface area (Å²) in [4.78, 5) is 0. The molecule has 0 unspecified atom stereocenters. The molecule has 1 aromatic rings. The van der Waals surface area contributed by atoms with Crippen LogP contribution in [0.15, 0.2) is 18.2 Å². The average molecular weight is 170 g/mol. The minimum atomic E-state index is -0.812. The Bertz CT molecular complexity index is 261. The number of rotatable bonds is 3. The smallest absolute Gasteiger partial charge is 0.228 e. The molecule has 0 fully saturated rings. The Balaban J connectivity index is 2.97. The Morgan fingerprint density at radius 1 is 1.33 bits per heavy atom. The van der Waals surface area contributed by atoms with Crippen molar-refractivity contribution in [1.82, 2.24) is 0 Å². The van der Waals surface area contributed by atoms with E-state index in [0.717, 1.165) is 5.56 Å². The Kier molecular flexibility index (Phi) is 2.91. The van der Waals surface area contributed by atoms with Gasteiger partial charge in [0.2, 0.25) is 6.86 Å². The summed E-state index contributed by atoms with van der Waals surface area (Å²) in [6.07, 6.45) is 0. The first-order valence-corrected chi connectivity index (χ1v) is 3.62. The highest BCUT2D eigenvalue weighted by atomic mass is 19.1. The van der Waals surface area contributed by atoms with E-state index in [9.17, 15) is 4.39 Å². The van der Waals surface area contributed by atoms with E-state index in [1.165, 1.54) is 0 Å². The summed E-state index contributed by atoms with van der Waals surface area (Å²) in [6.45, 7) is 1.01. The molecule has 0 aliphatic carbocycles.